The van der Waals surface area contributed by atoms with E-state index in [0.29, 0.717) is 0 Å². The van der Waals surface area contributed by atoms with Crippen LogP contribution in [-0.2, 0) is 14.4 Å². The maximum Gasteiger partial charge on any atom is 0.317 e. The summed E-state index contributed by atoms with van der Waals surface area (Å²) in [6, 6.07) is 4.06. The Bertz CT molecular complexity index is 993. The van der Waals surface area contributed by atoms with Crippen LogP contribution in [0.4, 0.5) is 5.69 Å². The molecule has 2 aliphatic heterocycles. The van der Waals surface area contributed by atoms with Crippen LogP contribution in [0.5, 0.6) is 0 Å². The molecule has 0 radical (unpaired) electrons. The second-order valence-corrected chi connectivity index (χ2v) is 8.52. The topological polar surface area (TPSA) is 136 Å². The highest BCUT2D eigenvalue weighted by atomic mass is 16.4. The number of likely N-dealkylation sites (N-methyl/N-ethyl adjacent to an activating group) is 1. The zero-order valence-electron chi connectivity index (χ0n) is 17.8. The van der Waals surface area contributed by atoms with Crippen LogP contribution in [0.1, 0.15) is 59.2 Å². The van der Waals surface area contributed by atoms with E-state index in [1.807, 2.05) is 11.9 Å². The van der Waals surface area contributed by atoms with Gasteiger partial charge in [0.25, 0.3) is 11.8 Å². The highest BCUT2D eigenvalue weighted by Gasteiger charge is 2.45. The number of carboxylic acid groups (broad SMARTS) is 1. The summed E-state index contributed by atoms with van der Waals surface area (Å²) in [5.41, 5.74) is 1.21. The highest BCUT2D eigenvalue weighted by molar-refractivity contribution is 6.23. The number of carboxylic acids is 1. The van der Waals surface area contributed by atoms with Crippen LogP contribution in [0.15, 0.2) is 18.2 Å². The molecule has 1 aliphatic carbocycles. The van der Waals surface area contributed by atoms with Gasteiger partial charge in [-0.1, -0.05) is 12.8 Å². The minimum atomic E-state index is -0.996. The number of imide groups is 2. The summed E-state index contributed by atoms with van der Waals surface area (Å²) >= 11 is 0. The van der Waals surface area contributed by atoms with Crippen LogP contribution >= 0.6 is 0 Å². The molecule has 10 heteroatoms. The van der Waals surface area contributed by atoms with E-state index >= 15 is 0 Å². The molecule has 0 spiro atoms. The van der Waals surface area contributed by atoms with Gasteiger partial charge in [-0.3, -0.25) is 34.2 Å². The van der Waals surface area contributed by atoms with Crippen LogP contribution in [-0.4, -0.2) is 71.3 Å². The van der Waals surface area contributed by atoms with Crippen LogP contribution in [0.25, 0.3) is 0 Å². The number of carbonyl (C=O) groups is 5. The molecule has 170 valence electrons. The van der Waals surface area contributed by atoms with Gasteiger partial charge in [0.1, 0.15) is 6.04 Å². The minimum Gasteiger partial charge on any atom is -0.480 e. The molecule has 32 heavy (non-hydrogen) atoms. The smallest absolute Gasteiger partial charge is 0.317 e. The third kappa shape index (κ3) is 3.97. The summed E-state index contributed by atoms with van der Waals surface area (Å²) in [5.74, 6) is -3.04. The molecule has 1 aromatic carbocycles. The number of hydrogen-bond acceptors (Lipinski definition) is 7. The largest absolute Gasteiger partial charge is 0.480 e. The van der Waals surface area contributed by atoms with E-state index in [4.69, 9.17) is 5.11 Å². The zero-order valence-corrected chi connectivity index (χ0v) is 17.8. The number of amides is 4. The standard InChI is InChI=1S/C22H26N4O6/c1-25(16-5-3-2-4-15(16)23-11-19(28)29)12-6-7-13-14(10-12)22(32)26(21(13)31)17-8-9-18(27)24-20(17)30/h6-7,10,15-17,23H,2-5,8-9,11H2,1H3,(H,28,29)(H,24,27,30)/t15-,16+,17?/m1/s1. The Hall–Kier alpha value is -3.27. The normalized spacial score (nSPS) is 25.5. The molecule has 2 heterocycles. The van der Waals surface area contributed by atoms with Gasteiger partial charge < -0.3 is 15.3 Å². The third-order valence-corrected chi connectivity index (χ3v) is 6.57. The predicted octanol–water partition coefficient (Wildman–Crippen LogP) is 0.509. The second-order valence-electron chi connectivity index (χ2n) is 8.52. The van der Waals surface area contributed by atoms with Gasteiger partial charge in [-0.2, -0.15) is 0 Å². The lowest BCUT2D eigenvalue weighted by Gasteiger charge is -2.39. The van der Waals surface area contributed by atoms with E-state index in [1.165, 1.54) is 0 Å². The summed E-state index contributed by atoms with van der Waals surface area (Å²) in [7, 11) is 1.90. The molecule has 3 atom stereocenters. The maximum absolute atomic E-state index is 13.1. The van der Waals surface area contributed by atoms with E-state index < -0.39 is 35.6 Å². The molecule has 10 nitrogen and oxygen atoms in total. The molecule has 3 N–H and O–H groups in total. The average Bonchev–Trinajstić information content (AvgIpc) is 3.02. The molecule has 0 bridgehead atoms. The SMILES string of the molecule is CN(c1ccc2c(c1)C(=O)N(C1CCC(=O)NC1=O)C2=O)[C@H]1CCCC[C@H]1NCC(=O)O. The first-order valence-electron chi connectivity index (χ1n) is 10.8. The fourth-order valence-electron chi connectivity index (χ4n) is 4.90. The first kappa shape index (κ1) is 21.9. The van der Waals surface area contributed by atoms with Gasteiger partial charge in [-0.25, -0.2) is 0 Å². The number of fused-ring (bicyclic) bond motifs is 1. The van der Waals surface area contributed by atoms with Crippen molar-refractivity contribution in [2.45, 2.75) is 56.7 Å². The van der Waals surface area contributed by atoms with Gasteiger partial charge in [0.15, 0.2) is 0 Å². The van der Waals surface area contributed by atoms with Crippen molar-refractivity contribution in [3.63, 3.8) is 0 Å². The molecular formula is C22H26N4O6. The number of piperidine rings is 1. The summed E-state index contributed by atoms with van der Waals surface area (Å²) in [6.45, 7) is -0.118. The van der Waals surface area contributed by atoms with Crippen LogP contribution < -0.4 is 15.5 Å². The van der Waals surface area contributed by atoms with Crippen molar-refractivity contribution in [1.29, 1.82) is 0 Å². The summed E-state index contributed by atoms with van der Waals surface area (Å²) < 4.78 is 0. The summed E-state index contributed by atoms with van der Waals surface area (Å²) in [4.78, 5) is 63.6. The molecule has 1 saturated heterocycles. The van der Waals surface area contributed by atoms with Crippen molar-refractivity contribution in [1.82, 2.24) is 15.5 Å². The molecular weight excluding hydrogens is 416 g/mol. The Morgan fingerprint density at radius 2 is 1.84 bits per heavy atom. The molecule has 3 aliphatic rings. The Kier molecular flexibility index (Phi) is 5.96. The molecule has 1 unspecified atom stereocenters. The number of nitrogens with zero attached hydrogens (tertiary/aromatic N) is 2. The van der Waals surface area contributed by atoms with Crippen molar-refractivity contribution in [2.75, 3.05) is 18.5 Å². The Morgan fingerprint density at radius 1 is 1.12 bits per heavy atom. The predicted molar refractivity (Wildman–Crippen MR) is 113 cm³/mol. The molecule has 1 saturated carbocycles. The number of benzene rings is 1. The quantitative estimate of drug-likeness (QED) is 0.542. The number of carbonyl (C=O) groups excluding carboxylic acids is 4. The lowest BCUT2D eigenvalue weighted by molar-refractivity contribution is -0.137. The number of rotatable bonds is 6. The highest BCUT2D eigenvalue weighted by Crippen LogP contribution is 2.32. The average molecular weight is 442 g/mol. The van der Waals surface area contributed by atoms with E-state index in [2.05, 4.69) is 10.6 Å². The van der Waals surface area contributed by atoms with Gasteiger partial charge in [0.2, 0.25) is 11.8 Å². The van der Waals surface area contributed by atoms with Crippen molar-refractivity contribution >= 4 is 35.3 Å². The molecule has 4 rings (SSSR count). The number of hydrogen-bond donors (Lipinski definition) is 3. The van der Waals surface area contributed by atoms with E-state index in [0.717, 1.165) is 36.3 Å². The minimum absolute atomic E-state index is 0.00425. The first-order chi connectivity index (χ1) is 15.3. The number of nitrogens with one attached hydrogen (secondary N) is 2. The van der Waals surface area contributed by atoms with Crippen LogP contribution in [0.2, 0.25) is 0 Å². The van der Waals surface area contributed by atoms with Gasteiger partial charge in [-0.15, -0.1) is 0 Å². The lowest BCUT2D eigenvalue weighted by Crippen LogP contribution is -2.54. The number of aliphatic carboxylic acids is 1. The Morgan fingerprint density at radius 3 is 2.56 bits per heavy atom. The lowest BCUT2D eigenvalue weighted by atomic mass is 9.89. The third-order valence-electron chi connectivity index (χ3n) is 6.57. The van der Waals surface area contributed by atoms with E-state index in [-0.39, 0.29) is 42.6 Å². The van der Waals surface area contributed by atoms with Gasteiger partial charge in [0, 0.05) is 31.2 Å². The summed E-state index contributed by atoms with van der Waals surface area (Å²) in [6.07, 6.45) is 3.95. The fraction of sp³-hybridized carbons (Fsp3) is 0.500. The van der Waals surface area contributed by atoms with Gasteiger partial charge >= 0.3 is 5.97 Å². The zero-order chi connectivity index (χ0) is 23.0. The van der Waals surface area contributed by atoms with Crippen molar-refractivity contribution < 1.29 is 29.1 Å². The van der Waals surface area contributed by atoms with Gasteiger partial charge in [-0.05, 0) is 37.5 Å². The first-order valence-corrected chi connectivity index (χ1v) is 10.8. The van der Waals surface area contributed by atoms with Crippen molar-refractivity contribution in [2.24, 2.45) is 0 Å². The molecule has 0 aromatic heterocycles. The fourth-order valence-corrected chi connectivity index (χ4v) is 4.90. The second kappa shape index (κ2) is 8.70. The van der Waals surface area contributed by atoms with Crippen LogP contribution in [0.3, 0.4) is 0 Å². The van der Waals surface area contributed by atoms with Crippen molar-refractivity contribution in [3.8, 4) is 0 Å². The molecule has 1 aromatic rings. The van der Waals surface area contributed by atoms with E-state index in [9.17, 15) is 24.0 Å². The van der Waals surface area contributed by atoms with Gasteiger partial charge in [0.05, 0.1) is 17.7 Å². The molecule has 4 amide bonds. The Balaban J connectivity index is 1.56. The number of anilines is 1. The van der Waals surface area contributed by atoms with Crippen LogP contribution in [0, 0.1) is 0 Å². The van der Waals surface area contributed by atoms with Crippen molar-refractivity contribution in [3.05, 3.63) is 29.3 Å². The van der Waals surface area contributed by atoms with E-state index in [1.54, 1.807) is 18.2 Å². The summed E-state index contributed by atoms with van der Waals surface area (Å²) in [5, 5.41) is 14.3. The maximum atomic E-state index is 13.1. The Labute approximate surface area is 184 Å². The monoisotopic (exact) mass is 442 g/mol. The molecule has 2 fully saturated rings.